The Morgan fingerprint density at radius 1 is 1.10 bits per heavy atom. The van der Waals surface area contributed by atoms with Gasteiger partial charge in [0.05, 0.1) is 22.6 Å². The number of carboxylic acids is 1. The van der Waals surface area contributed by atoms with Crippen molar-refractivity contribution < 1.29 is 9.90 Å². The van der Waals surface area contributed by atoms with Gasteiger partial charge in [-0.15, -0.1) is 0 Å². The Hall–Kier alpha value is -3.12. The van der Waals surface area contributed by atoms with E-state index in [1.807, 2.05) is 35.0 Å². The van der Waals surface area contributed by atoms with E-state index in [9.17, 15) is 9.90 Å². The van der Waals surface area contributed by atoms with Gasteiger partial charge in [-0.3, -0.25) is 0 Å². The average molecular weight is 390 g/mol. The zero-order chi connectivity index (χ0) is 20.2. The minimum atomic E-state index is -0.964. The van der Waals surface area contributed by atoms with Crippen LogP contribution in [0.2, 0.25) is 0 Å². The van der Waals surface area contributed by atoms with E-state index in [1.165, 1.54) is 19.3 Å². The first-order chi connectivity index (χ1) is 14.2. The van der Waals surface area contributed by atoms with Crippen molar-refractivity contribution in [2.24, 2.45) is 5.73 Å². The third-order valence-electron chi connectivity index (χ3n) is 5.61. The second-order valence-electron chi connectivity index (χ2n) is 7.51. The van der Waals surface area contributed by atoms with E-state index < -0.39 is 5.97 Å². The first kappa shape index (κ1) is 19.2. The summed E-state index contributed by atoms with van der Waals surface area (Å²) in [4.78, 5) is 11.6. The number of nitrogens with one attached hydrogen (secondary N) is 1. The summed E-state index contributed by atoms with van der Waals surface area (Å²) >= 11 is 0. The molecule has 0 amide bonds. The van der Waals surface area contributed by atoms with E-state index in [-0.39, 0.29) is 5.56 Å². The van der Waals surface area contributed by atoms with E-state index in [4.69, 9.17) is 10.8 Å². The van der Waals surface area contributed by atoms with Crippen LogP contribution < -0.4 is 11.1 Å². The molecule has 0 atom stereocenters. The molecular weight excluding hydrogens is 364 g/mol. The van der Waals surface area contributed by atoms with E-state index >= 15 is 0 Å². The SMILES string of the molecule is NCc1ccccc1-n1nc(C2CCCCC2)cc1Nc1ccccc1C(=O)O. The van der Waals surface area contributed by atoms with Gasteiger partial charge in [0.25, 0.3) is 0 Å². The molecule has 3 aromatic rings. The van der Waals surface area contributed by atoms with E-state index in [2.05, 4.69) is 11.4 Å². The fourth-order valence-corrected chi connectivity index (χ4v) is 4.08. The predicted molar refractivity (Wildman–Crippen MR) is 114 cm³/mol. The van der Waals surface area contributed by atoms with Crippen molar-refractivity contribution in [3.05, 3.63) is 71.4 Å². The molecule has 0 unspecified atom stereocenters. The van der Waals surface area contributed by atoms with Crippen LogP contribution in [0, 0.1) is 0 Å². The number of carboxylic acid groups (broad SMARTS) is 1. The van der Waals surface area contributed by atoms with Gasteiger partial charge in [0.1, 0.15) is 5.82 Å². The number of hydrogen-bond acceptors (Lipinski definition) is 4. The Morgan fingerprint density at radius 3 is 2.59 bits per heavy atom. The van der Waals surface area contributed by atoms with E-state index in [1.54, 1.807) is 18.2 Å². The lowest BCUT2D eigenvalue weighted by atomic mass is 9.87. The summed E-state index contributed by atoms with van der Waals surface area (Å²) in [5.74, 6) is 0.222. The fraction of sp³-hybridized carbons (Fsp3) is 0.304. The standard InChI is InChI=1S/C23H26N4O2/c24-15-17-10-4-7-13-21(17)27-22(14-20(26-27)16-8-2-1-3-9-16)25-19-12-6-5-11-18(19)23(28)29/h4-7,10-14,16,25H,1-3,8-9,15,24H2,(H,28,29). The number of anilines is 2. The molecule has 0 saturated heterocycles. The number of aromatic carboxylic acids is 1. The lowest BCUT2D eigenvalue weighted by Crippen LogP contribution is -2.10. The molecule has 4 N–H and O–H groups in total. The van der Waals surface area contributed by atoms with Crippen molar-refractivity contribution in [3.63, 3.8) is 0 Å². The summed E-state index contributed by atoms with van der Waals surface area (Å²) in [5, 5.41) is 17.8. The summed E-state index contributed by atoms with van der Waals surface area (Å²) in [5.41, 5.74) is 9.68. The molecule has 1 saturated carbocycles. The molecule has 6 nitrogen and oxygen atoms in total. The topological polar surface area (TPSA) is 93.2 Å². The minimum absolute atomic E-state index is 0.228. The molecular formula is C23H26N4O2. The third kappa shape index (κ3) is 4.03. The average Bonchev–Trinajstić information content (AvgIpc) is 3.18. The molecule has 2 aromatic carbocycles. The maximum absolute atomic E-state index is 11.6. The maximum atomic E-state index is 11.6. The van der Waals surface area contributed by atoms with Crippen molar-refractivity contribution >= 4 is 17.5 Å². The van der Waals surface area contributed by atoms with Gasteiger partial charge in [-0.05, 0) is 36.6 Å². The van der Waals surface area contributed by atoms with Crippen molar-refractivity contribution in [1.29, 1.82) is 0 Å². The maximum Gasteiger partial charge on any atom is 0.337 e. The molecule has 1 aromatic heterocycles. The van der Waals surface area contributed by atoms with Gasteiger partial charge >= 0.3 is 5.97 Å². The van der Waals surface area contributed by atoms with Gasteiger partial charge in [0.2, 0.25) is 0 Å². The van der Waals surface area contributed by atoms with E-state index in [0.29, 0.717) is 18.2 Å². The van der Waals surface area contributed by atoms with Gasteiger partial charge in [-0.25, -0.2) is 9.48 Å². The molecule has 0 spiro atoms. The molecule has 1 aliphatic rings. The zero-order valence-corrected chi connectivity index (χ0v) is 16.3. The number of benzene rings is 2. The summed E-state index contributed by atoms with van der Waals surface area (Å²) < 4.78 is 1.87. The fourth-order valence-electron chi connectivity index (χ4n) is 4.08. The lowest BCUT2D eigenvalue weighted by molar-refractivity contribution is 0.0698. The van der Waals surface area contributed by atoms with Crippen LogP contribution in [0.25, 0.3) is 5.69 Å². The summed E-state index contributed by atoms with van der Waals surface area (Å²) in [6.45, 7) is 0.403. The molecule has 1 fully saturated rings. The highest BCUT2D eigenvalue weighted by atomic mass is 16.4. The number of aromatic nitrogens is 2. The molecule has 150 valence electrons. The van der Waals surface area contributed by atoms with Gasteiger partial charge < -0.3 is 16.2 Å². The number of para-hydroxylation sites is 2. The second kappa shape index (κ2) is 8.49. The highest BCUT2D eigenvalue weighted by molar-refractivity contribution is 5.95. The molecule has 0 aliphatic heterocycles. The summed E-state index contributed by atoms with van der Waals surface area (Å²) in [7, 11) is 0. The second-order valence-corrected chi connectivity index (χ2v) is 7.51. The Kier molecular flexibility index (Phi) is 5.62. The highest BCUT2D eigenvalue weighted by Crippen LogP contribution is 2.35. The lowest BCUT2D eigenvalue weighted by Gasteiger charge is -2.19. The van der Waals surface area contributed by atoms with Crippen molar-refractivity contribution in [3.8, 4) is 5.69 Å². The Morgan fingerprint density at radius 2 is 1.83 bits per heavy atom. The zero-order valence-electron chi connectivity index (χ0n) is 16.3. The molecule has 1 aliphatic carbocycles. The molecule has 29 heavy (non-hydrogen) atoms. The monoisotopic (exact) mass is 390 g/mol. The number of nitrogens with two attached hydrogens (primary N) is 1. The van der Waals surface area contributed by atoms with Gasteiger partial charge in [0.15, 0.2) is 0 Å². The van der Waals surface area contributed by atoms with Crippen LogP contribution in [-0.2, 0) is 6.54 Å². The molecule has 4 rings (SSSR count). The smallest absolute Gasteiger partial charge is 0.337 e. The van der Waals surface area contributed by atoms with Crippen LogP contribution in [0.5, 0.6) is 0 Å². The number of carbonyl (C=O) groups is 1. The van der Waals surface area contributed by atoms with Crippen LogP contribution in [0.4, 0.5) is 11.5 Å². The summed E-state index contributed by atoms with van der Waals surface area (Å²) in [6, 6.07) is 16.9. The normalized spacial score (nSPS) is 14.7. The van der Waals surface area contributed by atoms with Crippen LogP contribution in [-0.4, -0.2) is 20.9 Å². The van der Waals surface area contributed by atoms with Gasteiger partial charge in [0, 0.05) is 18.5 Å². The quantitative estimate of drug-likeness (QED) is 0.561. The summed E-state index contributed by atoms with van der Waals surface area (Å²) in [6.07, 6.45) is 6.01. The Balaban J connectivity index is 1.79. The van der Waals surface area contributed by atoms with Crippen LogP contribution in [0.1, 0.15) is 59.6 Å². The Labute approximate surface area is 170 Å². The van der Waals surface area contributed by atoms with Crippen LogP contribution in [0.15, 0.2) is 54.6 Å². The van der Waals surface area contributed by atoms with Crippen molar-refractivity contribution in [2.45, 2.75) is 44.6 Å². The van der Waals surface area contributed by atoms with Crippen LogP contribution >= 0.6 is 0 Å². The van der Waals surface area contributed by atoms with Gasteiger partial charge in [-0.2, -0.15) is 5.10 Å². The van der Waals surface area contributed by atoms with Crippen molar-refractivity contribution in [1.82, 2.24) is 9.78 Å². The highest BCUT2D eigenvalue weighted by Gasteiger charge is 2.22. The third-order valence-corrected chi connectivity index (χ3v) is 5.61. The molecule has 1 heterocycles. The molecule has 6 heteroatoms. The van der Waals surface area contributed by atoms with Crippen molar-refractivity contribution in [2.75, 3.05) is 5.32 Å². The van der Waals surface area contributed by atoms with E-state index in [0.717, 1.165) is 35.6 Å². The van der Waals surface area contributed by atoms with Crippen LogP contribution in [0.3, 0.4) is 0 Å². The number of rotatable bonds is 6. The van der Waals surface area contributed by atoms with Gasteiger partial charge in [-0.1, -0.05) is 49.6 Å². The molecule has 0 bridgehead atoms. The first-order valence-corrected chi connectivity index (χ1v) is 10.1. The number of hydrogen-bond donors (Lipinski definition) is 3. The largest absolute Gasteiger partial charge is 0.478 e. The predicted octanol–water partition coefficient (Wildman–Crippen LogP) is 4.82. The minimum Gasteiger partial charge on any atom is -0.478 e. The first-order valence-electron chi connectivity index (χ1n) is 10.1. The molecule has 0 radical (unpaired) electrons. The number of nitrogens with zero attached hydrogens (tertiary/aromatic N) is 2. The Bertz CT molecular complexity index is 1010.